The Bertz CT molecular complexity index is 1200. The van der Waals surface area contributed by atoms with Crippen LogP contribution in [0.2, 0.25) is 0 Å². The molecule has 194 valence electrons. The molecule has 0 saturated carbocycles. The number of amides is 2. The van der Waals surface area contributed by atoms with Gasteiger partial charge in [-0.2, -0.15) is 0 Å². The monoisotopic (exact) mass is 504 g/mol. The number of rotatable bonds is 9. The van der Waals surface area contributed by atoms with Crippen molar-refractivity contribution >= 4 is 23.9 Å². The fourth-order valence-electron chi connectivity index (χ4n) is 4.52. The first-order chi connectivity index (χ1) is 17.9. The minimum atomic E-state index is -0.553. The molecule has 2 aliphatic heterocycles. The Morgan fingerprint density at radius 1 is 1.16 bits per heavy atom. The van der Waals surface area contributed by atoms with Gasteiger partial charge in [0.05, 0.1) is 36.9 Å². The van der Waals surface area contributed by atoms with Gasteiger partial charge in [-0.25, -0.2) is 4.79 Å². The Morgan fingerprint density at radius 2 is 1.89 bits per heavy atom. The van der Waals surface area contributed by atoms with Crippen LogP contribution in [0, 0.1) is 0 Å². The summed E-state index contributed by atoms with van der Waals surface area (Å²) in [4.78, 5) is 39.7. The lowest BCUT2D eigenvalue weighted by Gasteiger charge is -2.21. The molecule has 4 rings (SSSR count). The van der Waals surface area contributed by atoms with E-state index in [2.05, 4.69) is 5.32 Å². The molecule has 0 radical (unpaired) electrons. The van der Waals surface area contributed by atoms with Crippen molar-refractivity contribution in [2.75, 3.05) is 26.9 Å². The van der Waals surface area contributed by atoms with E-state index in [0.717, 1.165) is 18.4 Å². The van der Waals surface area contributed by atoms with Crippen LogP contribution >= 0.6 is 0 Å². The summed E-state index contributed by atoms with van der Waals surface area (Å²) in [5, 5.41) is 2.91. The minimum Gasteiger partial charge on any atom is -0.484 e. The molecule has 2 aromatic carbocycles. The Hall–Kier alpha value is -3.91. The summed E-state index contributed by atoms with van der Waals surface area (Å²) >= 11 is 0. The first kappa shape index (κ1) is 26.2. The van der Waals surface area contributed by atoms with Crippen molar-refractivity contribution in [3.8, 4) is 5.75 Å². The predicted octanol–water partition coefficient (Wildman–Crippen LogP) is 3.79. The van der Waals surface area contributed by atoms with E-state index in [4.69, 9.17) is 14.2 Å². The maximum absolute atomic E-state index is 13.3. The zero-order valence-corrected chi connectivity index (χ0v) is 21.4. The standard InChI is InChI=1S/C29H32N2O6/c1-19(22-8-5-4-6-9-22)30-26(32)18-37-23-13-11-21(12-14-23)16-25-27(29(34)35-3)20(2)31(28(25)33)17-24-10-7-15-36-24/h4-6,8-9,11-14,16,19,24H,7,10,15,17-18H2,1-3H3,(H,30,32)/b25-16-/t19-,24-/m0/s1. The van der Waals surface area contributed by atoms with Crippen LogP contribution in [-0.4, -0.2) is 55.7 Å². The van der Waals surface area contributed by atoms with Crippen LogP contribution in [0.1, 0.15) is 43.9 Å². The lowest BCUT2D eigenvalue weighted by atomic mass is 10.0. The number of nitrogens with one attached hydrogen (secondary N) is 1. The first-order valence-electron chi connectivity index (χ1n) is 12.4. The van der Waals surface area contributed by atoms with Crippen molar-refractivity contribution in [3.63, 3.8) is 0 Å². The summed E-state index contributed by atoms with van der Waals surface area (Å²) in [5.74, 6) is -0.517. The van der Waals surface area contributed by atoms with Gasteiger partial charge in [0.25, 0.3) is 11.8 Å². The van der Waals surface area contributed by atoms with Crippen molar-refractivity contribution in [3.05, 3.63) is 82.6 Å². The van der Waals surface area contributed by atoms with E-state index in [1.807, 2.05) is 37.3 Å². The summed E-state index contributed by atoms with van der Waals surface area (Å²) < 4.78 is 16.3. The van der Waals surface area contributed by atoms with Gasteiger partial charge >= 0.3 is 5.97 Å². The fraction of sp³-hybridized carbons (Fsp3) is 0.345. The molecule has 2 aliphatic rings. The quantitative estimate of drug-likeness (QED) is 0.413. The van der Waals surface area contributed by atoms with E-state index < -0.39 is 5.97 Å². The lowest BCUT2D eigenvalue weighted by molar-refractivity contribution is -0.136. The van der Waals surface area contributed by atoms with Gasteiger partial charge in [-0.05, 0) is 56.0 Å². The highest BCUT2D eigenvalue weighted by molar-refractivity contribution is 6.16. The first-order valence-corrected chi connectivity index (χ1v) is 12.4. The summed E-state index contributed by atoms with van der Waals surface area (Å²) in [5.41, 5.74) is 2.83. The number of hydrogen-bond donors (Lipinski definition) is 1. The van der Waals surface area contributed by atoms with E-state index in [9.17, 15) is 14.4 Å². The highest BCUT2D eigenvalue weighted by Gasteiger charge is 2.38. The number of nitrogens with zero attached hydrogens (tertiary/aromatic N) is 1. The van der Waals surface area contributed by atoms with Gasteiger partial charge in [0.2, 0.25) is 0 Å². The largest absolute Gasteiger partial charge is 0.484 e. The highest BCUT2D eigenvalue weighted by atomic mass is 16.5. The van der Waals surface area contributed by atoms with Crippen molar-refractivity contribution in [1.29, 1.82) is 0 Å². The van der Waals surface area contributed by atoms with Crippen LogP contribution in [0.3, 0.4) is 0 Å². The van der Waals surface area contributed by atoms with Crippen LogP contribution < -0.4 is 10.1 Å². The van der Waals surface area contributed by atoms with Crippen molar-refractivity contribution < 1.29 is 28.6 Å². The molecular formula is C29H32N2O6. The molecule has 1 fully saturated rings. The summed E-state index contributed by atoms with van der Waals surface area (Å²) in [7, 11) is 1.30. The number of carbonyl (C=O) groups is 3. The Kier molecular flexibility index (Phi) is 8.40. The third kappa shape index (κ3) is 6.27. The van der Waals surface area contributed by atoms with E-state index in [1.54, 1.807) is 42.2 Å². The van der Waals surface area contributed by atoms with Gasteiger partial charge < -0.3 is 24.4 Å². The third-order valence-electron chi connectivity index (χ3n) is 6.55. The zero-order chi connectivity index (χ0) is 26.4. The molecule has 1 N–H and O–H groups in total. The van der Waals surface area contributed by atoms with Gasteiger partial charge in [0.1, 0.15) is 5.75 Å². The average molecular weight is 505 g/mol. The minimum absolute atomic E-state index is 0.0403. The van der Waals surface area contributed by atoms with Crippen LogP contribution in [0.25, 0.3) is 6.08 Å². The van der Waals surface area contributed by atoms with Crippen LogP contribution in [0.15, 0.2) is 71.4 Å². The second-order valence-electron chi connectivity index (χ2n) is 9.12. The number of methoxy groups -OCH3 is 1. The van der Waals surface area contributed by atoms with Crippen molar-refractivity contribution in [2.45, 2.75) is 38.8 Å². The molecule has 37 heavy (non-hydrogen) atoms. The van der Waals surface area contributed by atoms with Crippen LogP contribution in [0.4, 0.5) is 0 Å². The fourth-order valence-corrected chi connectivity index (χ4v) is 4.52. The van der Waals surface area contributed by atoms with Gasteiger partial charge in [-0.15, -0.1) is 0 Å². The topological polar surface area (TPSA) is 94.2 Å². The smallest absolute Gasteiger partial charge is 0.340 e. The summed E-state index contributed by atoms with van der Waals surface area (Å²) in [6, 6.07) is 16.6. The van der Waals surface area contributed by atoms with E-state index in [1.165, 1.54) is 7.11 Å². The molecule has 2 aromatic rings. The van der Waals surface area contributed by atoms with Gasteiger partial charge in [-0.3, -0.25) is 9.59 Å². The Balaban J connectivity index is 1.41. The van der Waals surface area contributed by atoms with Crippen LogP contribution in [0.5, 0.6) is 5.75 Å². The van der Waals surface area contributed by atoms with Gasteiger partial charge in [-0.1, -0.05) is 42.5 Å². The second-order valence-corrected chi connectivity index (χ2v) is 9.12. The van der Waals surface area contributed by atoms with E-state index in [-0.39, 0.29) is 41.7 Å². The number of benzene rings is 2. The average Bonchev–Trinajstić information content (AvgIpc) is 3.51. The van der Waals surface area contributed by atoms with Crippen molar-refractivity contribution in [2.24, 2.45) is 0 Å². The molecule has 2 heterocycles. The molecule has 8 heteroatoms. The lowest BCUT2D eigenvalue weighted by Crippen LogP contribution is -2.33. The Morgan fingerprint density at radius 3 is 2.54 bits per heavy atom. The molecular weight excluding hydrogens is 472 g/mol. The summed E-state index contributed by atoms with van der Waals surface area (Å²) in [6.45, 7) is 4.63. The number of ether oxygens (including phenoxy) is 3. The molecule has 0 bridgehead atoms. The molecule has 2 atom stereocenters. The molecule has 0 aliphatic carbocycles. The third-order valence-corrected chi connectivity index (χ3v) is 6.55. The molecule has 2 amide bonds. The SMILES string of the molecule is COC(=O)C1=C(C)N(C[C@@H]2CCCO2)C(=O)/C1=C\c1ccc(OCC(=O)N[C@@H](C)c2ccccc2)cc1. The molecule has 0 unspecified atom stereocenters. The maximum Gasteiger partial charge on any atom is 0.340 e. The normalized spacial score (nSPS) is 19.3. The maximum atomic E-state index is 13.3. The number of allylic oxidation sites excluding steroid dienone is 1. The molecule has 0 aromatic heterocycles. The van der Waals surface area contributed by atoms with Gasteiger partial charge in [0, 0.05) is 12.3 Å². The summed E-state index contributed by atoms with van der Waals surface area (Å²) in [6.07, 6.45) is 3.48. The number of esters is 1. The number of hydrogen-bond acceptors (Lipinski definition) is 6. The van der Waals surface area contributed by atoms with E-state index >= 15 is 0 Å². The Labute approximate surface area is 216 Å². The van der Waals surface area contributed by atoms with E-state index in [0.29, 0.717) is 30.2 Å². The van der Waals surface area contributed by atoms with Gasteiger partial charge in [0.15, 0.2) is 6.61 Å². The number of carbonyl (C=O) groups excluding carboxylic acids is 3. The highest BCUT2D eigenvalue weighted by Crippen LogP contribution is 2.33. The molecule has 0 spiro atoms. The molecule has 8 nitrogen and oxygen atoms in total. The second kappa shape index (κ2) is 11.9. The zero-order valence-electron chi connectivity index (χ0n) is 21.4. The van der Waals surface area contributed by atoms with Crippen molar-refractivity contribution in [1.82, 2.24) is 10.2 Å². The predicted molar refractivity (Wildman–Crippen MR) is 138 cm³/mol. The molecule has 1 saturated heterocycles. The van der Waals surface area contributed by atoms with Crippen LogP contribution in [-0.2, 0) is 23.9 Å².